The van der Waals surface area contributed by atoms with Gasteiger partial charge in [0.1, 0.15) is 10.7 Å². The number of rotatable bonds is 4. The molecule has 0 aromatic carbocycles. The highest BCUT2D eigenvalue weighted by Gasteiger charge is 2.29. The molecule has 8 heteroatoms. The summed E-state index contributed by atoms with van der Waals surface area (Å²) in [6, 6.07) is 6.69. The highest BCUT2D eigenvalue weighted by atomic mass is 32.1. The average molecular weight is 397 g/mol. The number of aromatic nitrogens is 4. The molecule has 0 spiro atoms. The molecule has 1 aliphatic heterocycles. The fraction of sp³-hybridized carbons (Fsp3) is 0.316. The minimum Gasteiger partial charge on any atom is -0.295 e. The lowest BCUT2D eigenvalue weighted by atomic mass is 10.1. The third-order valence-electron chi connectivity index (χ3n) is 5.18. The Balaban J connectivity index is 1.43. The van der Waals surface area contributed by atoms with Gasteiger partial charge in [0.2, 0.25) is 0 Å². The Hall–Kier alpha value is -2.13. The van der Waals surface area contributed by atoms with Crippen molar-refractivity contribution in [3.8, 4) is 11.1 Å². The molecule has 1 atom stereocenters. The molecule has 4 aromatic heterocycles. The lowest BCUT2D eigenvalue weighted by Crippen LogP contribution is -2.46. The van der Waals surface area contributed by atoms with Crippen molar-refractivity contribution in [1.29, 1.82) is 0 Å². The van der Waals surface area contributed by atoms with Crippen molar-refractivity contribution < 1.29 is 0 Å². The van der Waals surface area contributed by atoms with E-state index < -0.39 is 0 Å². The normalized spacial score (nSPS) is 19.1. The third kappa shape index (κ3) is 3.29. The van der Waals surface area contributed by atoms with Crippen LogP contribution in [0.25, 0.3) is 16.6 Å². The first-order valence-electron chi connectivity index (χ1n) is 8.96. The lowest BCUT2D eigenvalue weighted by molar-refractivity contribution is 0.0889. The van der Waals surface area contributed by atoms with Crippen molar-refractivity contribution >= 4 is 28.2 Å². The van der Waals surface area contributed by atoms with Gasteiger partial charge in [-0.05, 0) is 35.5 Å². The number of likely N-dealkylation sites (N-methyl/N-ethyl adjacent to an activating group) is 1. The summed E-state index contributed by atoms with van der Waals surface area (Å²) >= 11 is 3.43. The van der Waals surface area contributed by atoms with Gasteiger partial charge >= 0.3 is 0 Å². The Morgan fingerprint density at radius 1 is 1.15 bits per heavy atom. The maximum atomic E-state index is 4.56. The molecule has 1 unspecified atom stereocenters. The summed E-state index contributed by atoms with van der Waals surface area (Å²) < 4.78 is 1.91. The van der Waals surface area contributed by atoms with Gasteiger partial charge in [0.15, 0.2) is 0 Å². The number of nitrogens with zero attached hydrogens (tertiary/aromatic N) is 6. The Labute approximate surface area is 165 Å². The van der Waals surface area contributed by atoms with E-state index in [4.69, 9.17) is 0 Å². The molecule has 0 aliphatic carbocycles. The van der Waals surface area contributed by atoms with Gasteiger partial charge in [-0.25, -0.2) is 9.50 Å². The van der Waals surface area contributed by atoms with E-state index in [0.29, 0.717) is 0 Å². The van der Waals surface area contributed by atoms with Crippen LogP contribution in [-0.2, 0) is 6.54 Å². The van der Waals surface area contributed by atoms with Gasteiger partial charge in [-0.15, -0.1) is 16.4 Å². The van der Waals surface area contributed by atoms with Gasteiger partial charge < -0.3 is 0 Å². The predicted octanol–water partition coefficient (Wildman–Crippen LogP) is 3.40. The fourth-order valence-electron chi connectivity index (χ4n) is 3.64. The van der Waals surface area contributed by atoms with Gasteiger partial charge in [0.05, 0.1) is 18.1 Å². The van der Waals surface area contributed by atoms with E-state index in [9.17, 15) is 0 Å². The summed E-state index contributed by atoms with van der Waals surface area (Å²) in [6.45, 7) is 3.91. The van der Waals surface area contributed by atoms with E-state index in [2.05, 4.69) is 67.3 Å². The van der Waals surface area contributed by atoms with Crippen molar-refractivity contribution in [2.75, 3.05) is 26.7 Å². The number of hydrogen-bond acceptors (Lipinski definition) is 7. The highest BCUT2D eigenvalue weighted by molar-refractivity contribution is 7.09. The van der Waals surface area contributed by atoms with Gasteiger partial charge in [0.25, 0.3) is 0 Å². The van der Waals surface area contributed by atoms with E-state index in [1.165, 1.54) is 16.1 Å². The molecule has 4 aromatic rings. The Morgan fingerprint density at radius 3 is 2.93 bits per heavy atom. The van der Waals surface area contributed by atoms with Gasteiger partial charge in [-0.1, -0.05) is 11.3 Å². The van der Waals surface area contributed by atoms with Crippen LogP contribution in [0.1, 0.15) is 16.7 Å². The molecule has 27 heavy (non-hydrogen) atoms. The summed E-state index contributed by atoms with van der Waals surface area (Å²) in [6.07, 6.45) is 3.95. The van der Waals surface area contributed by atoms with Crippen LogP contribution in [0.5, 0.6) is 0 Å². The van der Waals surface area contributed by atoms with E-state index in [1.54, 1.807) is 22.7 Å². The smallest absolute Gasteiger partial charge is 0.109 e. The topological polar surface area (TPSA) is 49.6 Å². The van der Waals surface area contributed by atoms with Gasteiger partial charge in [0, 0.05) is 43.0 Å². The molecule has 5 heterocycles. The highest BCUT2D eigenvalue weighted by Crippen LogP contribution is 2.29. The summed E-state index contributed by atoms with van der Waals surface area (Å²) in [5.41, 5.74) is 4.53. The van der Waals surface area contributed by atoms with Gasteiger partial charge in [-0.3, -0.25) is 9.80 Å². The van der Waals surface area contributed by atoms with E-state index in [0.717, 1.165) is 37.4 Å². The van der Waals surface area contributed by atoms with E-state index >= 15 is 0 Å². The largest absolute Gasteiger partial charge is 0.295 e. The van der Waals surface area contributed by atoms with Crippen LogP contribution in [0.15, 0.2) is 46.7 Å². The monoisotopic (exact) mass is 396 g/mol. The molecule has 0 bridgehead atoms. The number of piperazine rings is 1. The molecule has 1 saturated heterocycles. The van der Waals surface area contributed by atoms with Crippen LogP contribution in [0.3, 0.4) is 0 Å². The molecule has 1 aliphatic rings. The lowest BCUT2D eigenvalue weighted by Gasteiger charge is -2.38. The molecule has 138 valence electrons. The Bertz CT molecular complexity index is 1020. The molecule has 0 N–H and O–H groups in total. The molecule has 5 rings (SSSR count). The van der Waals surface area contributed by atoms with Crippen LogP contribution in [0.4, 0.5) is 0 Å². The summed E-state index contributed by atoms with van der Waals surface area (Å²) in [5.74, 6) is 0. The van der Waals surface area contributed by atoms with Crippen molar-refractivity contribution in [3.63, 3.8) is 0 Å². The second-order valence-corrected chi connectivity index (χ2v) is 8.65. The maximum Gasteiger partial charge on any atom is 0.109 e. The molecule has 1 fully saturated rings. The number of thiazole rings is 1. The second kappa shape index (κ2) is 7.12. The first-order valence-corrected chi connectivity index (χ1v) is 10.8. The maximum absolute atomic E-state index is 4.56. The van der Waals surface area contributed by atoms with E-state index in [1.807, 2.05) is 16.1 Å². The Morgan fingerprint density at radius 2 is 2.11 bits per heavy atom. The first-order chi connectivity index (χ1) is 13.3. The third-order valence-corrected chi connectivity index (χ3v) is 6.63. The Kier molecular flexibility index (Phi) is 4.48. The van der Waals surface area contributed by atoms with Crippen LogP contribution in [-0.4, -0.2) is 56.3 Å². The predicted molar refractivity (Wildman–Crippen MR) is 109 cm³/mol. The fourth-order valence-corrected chi connectivity index (χ4v) is 4.96. The minimum absolute atomic E-state index is 0.239. The van der Waals surface area contributed by atoms with Crippen LogP contribution in [0.2, 0.25) is 0 Å². The van der Waals surface area contributed by atoms with Crippen LogP contribution in [0, 0.1) is 0 Å². The summed E-state index contributed by atoms with van der Waals surface area (Å²) in [7, 11) is 2.18. The molecular weight excluding hydrogens is 376 g/mol. The zero-order valence-corrected chi connectivity index (χ0v) is 16.7. The van der Waals surface area contributed by atoms with Crippen LogP contribution >= 0.6 is 22.7 Å². The summed E-state index contributed by atoms with van der Waals surface area (Å²) in [4.78, 5) is 9.28. The number of pyridine rings is 1. The number of hydrogen-bond donors (Lipinski definition) is 0. The molecule has 6 nitrogen and oxygen atoms in total. The SMILES string of the molecule is CN1CCN(Cc2nccs2)CC1c1nnn2cc(-c3ccsc3)ccc12. The average Bonchev–Trinajstić information content (AvgIpc) is 3.44. The zero-order valence-electron chi connectivity index (χ0n) is 15.0. The quantitative estimate of drug-likeness (QED) is 0.529. The number of fused-ring (bicyclic) bond motifs is 1. The number of thiophene rings is 1. The van der Waals surface area contributed by atoms with Crippen molar-refractivity contribution in [2.45, 2.75) is 12.6 Å². The molecular formula is C19H20N6S2. The standard InChI is InChI=1S/C19H20N6S2/c1-23-6-7-24(12-18-20-5-9-27-18)11-17(23)19-16-3-2-14(10-25(16)22-21-19)15-4-8-26-13-15/h2-5,8-10,13,17H,6-7,11-12H2,1H3. The summed E-state index contributed by atoms with van der Waals surface area (Å²) in [5, 5.41) is 16.4. The molecule has 0 amide bonds. The van der Waals surface area contributed by atoms with Crippen LogP contribution < -0.4 is 0 Å². The first kappa shape index (κ1) is 17.0. The van der Waals surface area contributed by atoms with Crippen molar-refractivity contribution in [3.05, 3.63) is 57.4 Å². The van der Waals surface area contributed by atoms with Gasteiger partial charge in [-0.2, -0.15) is 11.3 Å². The van der Waals surface area contributed by atoms with Crippen molar-refractivity contribution in [2.24, 2.45) is 0 Å². The van der Waals surface area contributed by atoms with Crippen molar-refractivity contribution in [1.82, 2.24) is 29.6 Å². The second-order valence-electron chi connectivity index (χ2n) is 6.89. The van der Waals surface area contributed by atoms with E-state index in [-0.39, 0.29) is 6.04 Å². The molecule has 0 saturated carbocycles. The molecule has 0 radical (unpaired) electrons. The minimum atomic E-state index is 0.239. The zero-order chi connectivity index (χ0) is 18.2.